The Morgan fingerprint density at radius 2 is 1.88 bits per heavy atom. The van der Waals surface area contributed by atoms with Crippen molar-refractivity contribution < 1.29 is 14.3 Å². The van der Waals surface area contributed by atoms with E-state index in [4.69, 9.17) is 9.47 Å². The average Bonchev–Trinajstić information content (AvgIpc) is 3.44. The minimum absolute atomic E-state index is 0.220. The van der Waals surface area contributed by atoms with Gasteiger partial charge in [-0.3, -0.25) is 4.79 Å². The van der Waals surface area contributed by atoms with Gasteiger partial charge in [0.05, 0.1) is 19.8 Å². The Labute approximate surface area is 140 Å². The van der Waals surface area contributed by atoms with Crippen LogP contribution in [0, 0.1) is 0 Å². The van der Waals surface area contributed by atoms with Crippen molar-refractivity contribution in [1.82, 2.24) is 15.3 Å². The number of carbonyl (C=O) groups excluding carboxylic acids is 1. The van der Waals surface area contributed by atoms with Crippen LogP contribution in [-0.2, 0) is 6.54 Å². The Morgan fingerprint density at radius 3 is 2.50 bits per heavy atom. The summed E-state index contributed by atoms with van der Waals surface area (Å²) in [6.07, 6.45) is 5.36. The molecule has 7 heteroatoms. The molecule has 126 valence electrons. The number of amides is 1. The van der Waals surface area contributed by atoms with Gasteiger partial charge in [-0.15, -0.1) is 0 Å². The largest absolute Gasteiger partial charge is 0.493 e. The molecule has 0 aliphatic heterocycles. The number of methoxy groups -OCH3 is 2. The van der Waals surface area contributed by atoms with Crippen molar-refractivity contribution in [2.24, 2.45) is 0 Å². The second-order valence-electron chi connectivity index (χ2n) is 5.59. The fraction of sp³-hybridized carbons (Fsp3) is 0.353. The van der Waals surface area contributed by atoms with Crippen LogP contribution >= 0.6 is 0 Å². The molecule has 1 saturated carbocycles. The first-order valence-corrected chi connectivity index (χ1v) is 7.77. The highest BCUT2D eigenvalue weighted by atomic mass is 16.5. The normalized spacial score (nSPS) is 13.2. The molecule has 1 aromatic heterocycles. The Bertz CT molecular complexity index is 714. The zero-order valence-electron chi connectivity index (χ0n) is 13.7. The third-order valence-corrected chi connectivity index (χ3v) is 3.73. The van der Waals surface area contributed by atoms with E-state index < -0.39 is 0 Å². The van der Waals surface area contributed by atoms with Gasteiger partial charge in [0.1, 0.15) is 0 Å². The first kappa shape index (κ1) is 16.0. The van der Waals surface area contributed by atoms with Gasteiger partial charge in [0.15, 0.2) is 11.5 Å². The van der Waals surface area contributed by atoms with Gasteiger partial charge in [-0.05, 0) is 30.5 Å². The van der Waals surface area contributed by atoms with Gasteiger partial charge in [0.2, 0.25) is 5.95 Å². The van der Waals surface area contributed by atoms with Gasteiger partial charge in [0.25, 0.3) is 5.91 Å². The van der Waals surface area contributed by atoms with Crippen LogP contribution in [0.3, 0.4) is 0 Å². The second kappa shape index (κ2) is 7.16. The number of benzene rings is 1. The van der Waals surface area contributed by atoms with Gasteiger partial charge in [-0.1, -0.05) is 6.07 Å². The SMILES string of the molecule is COc1ccc(CNC(=O)c2cnc(NC3CC3)nc2)cc1OC. The molecule has 2 N–H and O–H groups in total. The lowest BCUT2D eigenvalue weighted by Gasteiger charge is -2.10. The Hall–Kier alpha value is -2.83. The molecule has 1 aromatic carbocycles. The summed E-state index contributed by atoms with van der Waals surface area (Å²) >= 11 is 0. The third kappa shape index (κ3) is 3.92. The first-order chi connectivity index (χ1) is 11.7. The van der Waals surface area contributed by atoms with E-state index >= 15 is 0 Å². The smallest absolute Gasteiger partial charge is 0.254 e. The fourth-order valence-electron chi connectivity index (χ4n) is 2.21. The lowest BCUT2D eigenvalue weighted by atomic mass is 10.2. The highest BCUT2D eigenvalue weighted by Crippen LogP contribution is 2.27. The zero-order chi connectivity index (χ0) is 16.9. The highest BCUT2D eigenvalue weighted by Gasteiger charge is 2.21. The van der Waals surface area contributed by atoms with Crippen LogP contribution in [0.5, 0.6) is 11.5 Å². The van der Waals surface area contributed by atoms with Crippen molar-refractivity contribution in [3.05, 3.63) is 41.7 Å². The zero-order valence-corrected chi connectivity index (χ0v) is 13.7. The number of ether oxygens (including phenoxy) is 2. The van der Waals surface area contributed by atoms with Crippen LogP contribution < -0.4 is 20.1 Å². The lowest BCUT2D eigenvalue weighted by Crippen LogP contribution is -2.23. The van der Waals surface area contributed by atoms with E-state index in [9.17, 15) is 4.79 Å². The molecule has 1 aliphatic carbocycles. The molecule has 0 unspecified atom stereocenters. The molecular weight excluding hydrogens is 308 g/mol. The quantitative estimate of drug-likeness (QED) is 0.808. The van der Waals surface area contributed by atoms with E-state index in [0.29, 0.717) is 35.6 Å². The third-order valence-electron chi connectivity index (χ3n) is 3.73. The number of hydrogen-bond donors (Lipinski definition) is 2. The topological polar surface area (TPSA) is 85.4 Å². The van der Waals surface area contributed by atoms with Crippen molar-refractivity contribution >= 4 is 11.9 Å². The Morgan fingerprint density at radius 1 is 1.17 bits per heavy atom. The van der Waals surface area contributed by atoms with E-state index in [2.05, 4.69) is 20.6 Å². The van der Waals surface area contributed by atoms with Crippen molar-refractivity contribution in [1.29, 1.82) is 0 Å². The molecule has 0 bridgehead atoms. The number of aromatic nitrogens is 2. The summed E-state index contributed by atoms with van der Waals surface area (Å²) in [5.41, 5.74) is 1.34. The highest BCUT2D eigenvalue weighted by molar-refractivity contribution is 5.93. The van der Waals surface area contributed by atoms with E-state index in [1.807, 2.05) is 18.2 Å². The minimum Gasteiger partial charge on any atom is -0.493 e. The molecule has 0 atom stereocenters. The monoisotopic (exact) mass is 328 g/mol. The molecule has 0 radical (unpaired) electrons. The van der Waals surface area contributed by atoms with Gasteiger partial charge < -0.3 is 20.1 Å². The van der Waals surface area contributed by atoms with Gasteiger partial charge in [-0.25, -0.2) is 9.97 Å². The van der Waals surface area contributed by atoms with Crippen molar-refractivity contribution in [2.75, 3.05) is 19.5 Å². The maximum atomic E-state index is 12.2. The number of anilines is 1. The minimum atomic E-state index is -0.220. The number of carbonyl (C=O) groups is 1. The van der Waals surface area contributed by atoms with Gasteiger partial charge in [0, 0.05) is 25.0 Å². The van der Waals surface area contributed by atoms with Crippen LogP contribution in [0.2, 0.25) is 0 Å². The molecule has 3 rings (SSSR count). The summed E-state index contributed by atoms with van der Waals surface area (Å²) in [6.45, 7) is 0.376. The fourth-order valence-corrected chi connectivity index (χ4v) is 2.21. The summed E-state index contributed by atoms with van der Waals surface area (Å²) in [4.78, 5) is 20.5. The standard InChI is InChI=1S/C17H20N4O3/c1-23-14-6-3-11(7-15(14)24-2)8-18-16(22)12-9-19-17(20-10-12)21-13-4-5-13/h3,6-7,9-10,13H,4-5,8H2,1-2H3,(H,18,22)(H,19,20,21). The van der Waals surface area contributed by atoms with Crippen molar-refractivity contribution in [3.8, 4) is 11.5 Å². The van der Waals surface area contributed by atoms with E-state index in [0.717, 1.165) is 18.4 Å². The van der Waals surface area contributed by atoms with E-state index in [1.54, 1.807) is 14.2 Å². The molecular formula is C17H20N4O3. The predicted molar refractivity (Wildman–Crippen MR) is 89.4 cm³/mol. The lowest BCUT2D eigenvalue weighted by molar-refractivity contribution is 0.0950. The number of nitrogens with zero attached hydrogens (tertiary/aromatic N) is 2. The molecule has 7 nitrogen and oxygen atoms in total. The first-order valence-electron chi connectivity index (χ1n) is 7.77. The maximum Gasteiger partial charge on any atom is 0.254 e. The maximum absolute atomic E-state index is 12.2. The molecule has 24 heavy (non-hydrogen) atoms. The summed E-state index contributed by atoms with van der Waals surface area (Å²) in [5.74, 6) is 1.62. The molecule has 1 aliphatic rings. The second-order valence-corrected chi connectivity index (χ2v) is 5.59. The summed E-state index contributed by atoms with van der Waals surface area (Å²) in [5, 5.41) is 6.02. The Balaban J connectivity index is 1.58. The van der Waals surface area contributed by atoms with Gasteiger partial charge in [-0.2, -0.15) is 0 Å². The summed E-state index contributed by atoms with van der Waals surface area (Å²) < 4.78 is 10.4. The molecule has 0 saturated heterocycles. The van der Waals surface area contributed by atoms with Crippen LogP contribution in [0.1, 0.15) is 28.8 Å². The van der Waals surface area contributed by atoms with E-state index in [-0.39, 0.29) is 5.91 Å². The van der Waals surface area contributed by atoms with Gasteiger partial charge >= 0.3 is 0 Å². The van der Waals surface area contributed by atoms with Crippen molar-refractivity contribution in [2.45, 2.75) is 25.4 Å². The van der Waals surface area contributed by atoms with E-state index in [1.165, 1.54) is 12.4 Å². The predicted octanol–water partition coefficient (Wildman–Crippen LogP) is 2.00. The van der Waals surface area contributed by atoms with Crippen LogP contribution in [0.15, 0.2) is 30.6 Å². The summed E-state index contributed by atoms with van der Waals surface area (Å²) in [6, 6.07) is 6.00. The van der Waals surface area contributed by atoms with Crippen LogP contribution in [0.4, 0.5) is 5.95 Å². The average molecular weight is 328 g/mol. The number of rotatable bonds is 7. The van der Waals surface area contributed by atoms with Crippen LogP contribution in [-0.4, -0.2) is 36.1 Å². The number of nitrogens with one attached hydrogen (secondary N) is 2. The molecule has 1 fully saturated rings. The molecule has 1 heterocycles. The summed E-state index contributed by atoms with van der Waals surface area (Å²) in [7, 11) is 3.16. The van der Waals surface area contributed by atoms with Crippen LogP contribution in [0.25, 0.3) is 0 Å². The molecule has 2 aromatic rings. The molecule has 1 amide bonds. The van der Waals surface area contributed by atoms with Crippen molar-refractivity contribution in [3.63, 3.8) is 0 Å². The molecule has 0 spiro atoms. The number of hydrogen-bond acceptors (Lipinski definition) is 6. The Kier molecular flexibility index (Phi) is 4.79.